The summed E-state index contributed by atoms with van der Waals surface area (Å²) >= 11 is 6.77. The molecule has 0 bridgehead atoms. The van der Waals surface area contributed by atoms with E-state index in [4.69, 9.17) is 11.6 Å². The molecule has 0 aromatic carbocycles. The zero-order valence-electron chi connectivity index (χ0n) is 11.9. The molecule has 2 aromatic rings. The number of sulfonamides is 1. The maximum atomic E-state index is 12.5. The van der Waals surface area contributed by atoms with Gasteiger partial charge in [-0.25, -0.2) is 8.42 Å². The zero-order valence-corrected chi connectivity index (χ0v) is 14.2. The van der Waals surface area contributed by atoms with Gasteiger partial charge in [0.25, 0.3) is 10.0 Å². The van der Waals surface area contributed by atoms with Crippen molar-refractivity contribution >= 4 is 44.5 Å². The standard InChI is InChI=1S/C14H11ClN2O4S2/c1-17-12(9(18)6-8-4-2-3-5-16-8)13(19)14-10(23(17,20)21)7-11(15)22-14/h2-5,7,19H,6H2,1H3. The Labute approximate surface area is 141 Å². The van der Waals surface area contributed by atoms with Crippen LogP contribution >= 0.6 is 22.9 Å². The Morgan fingerprint density at radius 1 is 1.43 bits per heavy atom. The maximum absolute atomic E-state index is 12.5. The van der Waals surface area contributed by atoms with Gasteiger partial charge in [0.05, 0.1) is 15.6 Å². The van der Waals surface area contributed by atoms with Crippen molar-refractivity contribution in [3.8, 4) is 0 Å². The maximum Gasteiger partial charge on any atom is 0.265 e. The number of rotatable bonds is 3. The number of halogens is 1. The van der Waals surface area contributed by atoms with E-state index in [9.17, 15) is 18.3 Å². The molecule has 0 spiro atoms. The molecule has 0 aliphatic carbocycles. The van der Waals surface area contributed by atoms with Gasteiger partial charge in [0.1, 0.15) is 10.6 Å². The number of aromatic nitrogens is 1. The average molecular weight is 371 g/mol. The van der Waals surface area contributed by atoms with Crippen LogP contribution < -0.4 is 0 Å². The highest BCUT2D eigenvalue weighted by molar-refractivity contribution is 7.89. The monoisotopic (exact) mass is 370 g/mol. The highest BCUT2D eigenvalue weighted by atomic mass is 35.5. The Hall–Kier alpha value is -1.90. The Morgan fingerprint density at radius 3 is 2.83 bits per heavy atom. The number of allylic oxidation sites excluding steroid dienone is 1. The van der Waals surface area contributed by atoms with Gasteiger partial charge in [-0.05, 0) is 18.2 Å². The van der Waals surface area contributed by atoms with Crippen LogP contribution in [0.4, 0.5) is 0 Å². The molecule has 120 valence electrons. The van der Waals surface area contributed by atoms with Gasteiger partial charge in [0.15, 0.2) is 11.5 Å². The van der Waals surface area contributed by atoms with Gasteiger partial charge in [-0.2, -0.15) is 0 Å². The van der Waals surface area contributed by atoms with Crippen molar-refractivity contribution < 1.29 is 18.3 Å². The lowest BCUT2D eigenvalue weighted by molar-refractivity contribution is -0.115. The molecule has 6 nitrogen and oxygen atoms in total. The van der Waals surface area contributed by atoms with Crippen molar-refractivity contribution in [2.24, 2.45) is 0 Å². The Balaban J connectivity index is 2.09. The number of hydrogen-bond donors (Lipinski definition) is 1. The second-order valence-corrected chi connectivity index (χ2v) is 8.46. The van der Waals surface area contributed by atoms with E-state index >= 15 is 0 Å². The van der Waals surface area contributed by atoms with Crippen molar-refractivity contribution in [1.82, 2.24) is 9.29 Å². The summed E-state index contributed by atoms with van der Waals surface area (Å²) in [5.74, 6) is -0.919. The fourth-order valence-electron chi connectivity index (χ4n) is 2.29. The predicted molar refractivity (Wildman–Crippen MR) is 86.8 cm³/mol. The number of carbonyl (C=O) groups excluding carboxylic acids is 1. The number of aliphatic hydroxyl groups excluding tert-OH is 1. The van der Waals surface area contributed by atoms with E-state index in [1.54, 1.807) is 18.2 Å². The van der Waals surface area contributed by atoms with Crippen LogP contribution in [0.2, 0.25) is 4.34 Å². The van der Waals surface area contributed by atoms with Crippen LogP contribution in [0.15, 0.2) is 41.1 Å². The minimum absolute atomic E-state index is 0.0810. The Morgan fingerprint density at radius 2 is 2.17 bits per heavy atom. The first-order chi connectivity index (χ1) is 10.8. The summed E-state index contributed by atoms with van der Waals surface area (Å²) in [4.78, 5) is 16.5. The number of aliphatic hydroxyl groups is 1. The largest absolute Gasteiger partial charge is 0.504 e. The molecule has 0 unspecified atom stereocenters. The first-order valence-corrected chi connectivity index (χ1v) is 9.11. The van der Waals surface area contributed by atoms with Crippen LogP contribution in [-0.2, 0) is 21.2 Å². The fourth-order valence-corrected chi connectivity index (χ4v) is 5.25. The number of likely N-dealkylation sites (N-methyl/N-ethyl adjacent to an activating group) is 1. The third-order valence-corrected chi connectivity index (χ3v) is 6.57. The molecule has 0 radical (unpaired) electrons. The van der Waals surface area contributed by atoms with Gasteiger partial charge in [0, 0.05) is 18.9 Å². The lowest BCUT2D eigenvalue weighted by atomic mass is 10.1. The molecule has 0 atom stereocenters. The summed E-state index contributed by atoms with van der Waals surface area (Å²) in [7, 11) is -2.69. The lowest BCUT2D eigenvalue weighted by Crippen LogP contribution is -2.35. The van der Waals surface area contributed by atoms with Gasteiger partial charge >= 0.3 is 0 Å². The van der Waals surface area contributed by atoms with E-state index in [2.05, 4.69) is 4.98 Å². The third kappa shape index (κ3) is 2.62. The van der Waals surface area contributed by atoms with Crippen LogP contribution in [0.5, 0.6) is 0 Å². The summed E-state index contributed by atoms with van der Waals surface area (Å²) in [5, 5.41) is 10.4. The highest BCUT2D eigenvalue weighted by Crippen LogP contribution is 2.41. The first-order valence-electron chi connectivity index (χ1n) is 6.47. The molecule has 2 aromatic heterocycles. The molecule has 9 heteroatoms. The summed E-state index contributed by atoms with van der Waals surface area (Å²) in [6.45, 7) is 0. The summed E-state index contributed by atoms with van der Waals surface area (Å²) in [6.07, 6.45) is 1.42. The second kappa shape index (κ2) is 5.63. The fraction of sp³-hybridized carbons (Fsp3) is 0.143. The number of Topliss-reactive ketones (excluding diaryl/α,β-unsaturated/α-hetero) is 1. The second-order valence-electron chi connectivity index (χ2n) is 4.83. The van der Waals surface area contributed by atoms with Crippen LogP contribution in [0, 0.1) is 0 Å². The van der Waals surface area contributed by atoms with Crippen LogP contribution in [0.3, 0.4) is 0 Å². The zero-order chi connectivity index (χ0) is 16.8. The summed E-state index contributed by atoms with van der Waals surface area (Å²) in [5.41, 5.74) is 0.209. The van der Waals surface area contributed by atoms with E-state index in [1.807, 2.05) is 0 Å². The molecular weight excluding hydrogens is 360 g/mol. The predicted octanol–water partition coefficient (Wildman–Crippen LogP) is 2.47. The van der Waals surface area contributed by atoms with Gasteiger partial charge in [-0.1, -0.05) is 17.7 Å². The molecule has 1 aliphatic heterocycles. The van der Waals surface area contributed by atoms with Gasteiger partial charge < -0.3 is 5.11 Å². The van der Waals surface area contributed by atoms with Gasteiger partial charge in [0.2, 0.25) is 0 Å². The molecule has 0 amide bonds. The van der Waals surface area contributed by atoms with Crippen molar-refractivity contribution in [3.63, 3.8) is 0 Å². The normalized spacial score (nSPS) is 16.3. The van der Waals surface area contributed by atoms with E-state index in [0.29, 0.717) is 5.69 Å². The topological polar surface area (TPSA) is 87.6 Å². The van der Waals surface area contributed by atoms with Crippen molar-refractivity contribution in [2.45, 2.75) is 11.3 Å². The number of pyridine rings is 1. The minimum Gasteiger partial charge on any atom is -0.504 e. The minimum atomic E-state index is -3.92. The summed E-state index contributed by atoms with van der Waals surface area (Å²) in [6, 6.07) is 6.36. The molecule has 0 saturated carbocycles. The molecule has 1 aliphatic rings. The smallest absolute Gasteiger partial charge is 0.265 e. The molecule has 1 N–H and O–H groups in total. The number of carbonyl (C=O) groups is 1. The van der Waals surface area contributed by atoms with E-state index in [1.165, 1.54) is 19.3 Å². The van der Waals surface area contributed by atoms with Crippen molar-refractivity contribution in [1.29, 1.82) is 0 Å². The number of hydrogen-bond acceptors (Lipinski definition) is 6. The van der Waals surface area contributed by atoms with Gasteiger partial charge in [-0.15, -0.1) is 11.3 Å². The van der Waals surface area contributed by atoms with E-state index < -0.39 is 15.8 Å². The van der Waals surface area contributed by atoms with E-state index in [-0.39, 0.29) is 32.0 Å². The molecule has 23 heavy (non-hydrogen) atoms. The molecule has 0 fully saturated rings. The Kier molecular flexibility index (Phi) is 3.91. The van der Waals surface area contributed by atoms with Crippen molar-refractivity contribution in [3.05, 3.63) is 51.1 Å². The summed E-state index contributed by atoms with van der Waals surface area (Å²) < 4.78 is 26.0. The SMILES string of the molecule is CN1C(C(=O)Cc2ccccn2)=C(O)c2sc(Cl)cc2S1(=O)=O. The molecular formula is C14H11ClN2O4S2. The van der Waals surface area contributed by atoms with Crippen LogP contribution in [0.25, 0.3) is 5.76 Å². The van der Waals surface area contributed by atoms with E-state index in [0.717, 1.165) is 15.6 Å². The molecule has 3 heterocycles. The average Bonchev–Trinajstić information content (AvgIpc) is 2.90. The van der Waals surface area contributed by atoms with Crippen LogP contribution in [0.1, 0.15) is 10.6 Å². The van der Waals surface area contributed by atoms with Crippen LogP contribution in [-0.4, -0.2) is 35.6 Å². The Bertz CT molecular complexity index is 920. The number of thiophene rings is 1. The third-order valence-electron chi connectivity index (χ3n) is 3.39. The van der Waals surface area contributed by atoms with Gasteiger partial charge in [-0.3, -0.25) is 14.1 Å². The number of fused-ring (bicyclic) bond motifs is 1. The number of nitrogens with zero attached hydrogens (tertiary/aromatic N) is 2. The lowest BCUT2D eigenvalue weighted by Gasteiger charge is -2.26. The first kappa shape index (κ1) is 16.0. The van der Waals surface area contributed by atoms with Crippen molar-refractivity contribution in [2.75, 3.05) is 7.05 Å². The molecule has 3 rings (SSSR count). The highest BCUT2D eigenvalue weighted by Gasteiger charge is 2.39. The quantitative estimate of drug-likeness (QED) is 0.896. The molecule has 0 saturated heterocycles. The number of ketones is 1.